The zero-order valence-electron chi connectivity index (χ0n) is 9.57. The van der Waals surface area contributed by atoms with Gasteiger partial charge in [0.2, 0.25) is 5.91 Å². The molecule has 2 amide bonds. The molecule has 0 aliphatic carbocycles. The Morgan fingerprint density at radius 1 is 1.47 bits per heavy atom. The van der Waals surface area contributed by atoms with Crippen LogP contribution in [0.5, 0.6) is 0 Å². The lowest BCUT2D eigenvalue weighted by atomic mass is 10.3. The summed E-state index contributed by atoms with van der Waals surface area (Å²) in [6.45, 7) is -0.0841. The summed E-state index contributed by atoms with van der Waals surface area (Å²) < 4.78 is 4.47. The highest BCUT2D eigenvalue weighted by Crippen LogP contribution is 2.14. The summed E-state index contributed by atoms with van der Waals surface area (Å²) in [5.41, 5.74) is 0.584. The maximum absolute atomic E-state index is 11.6. The first-order chi connectivity index (χ1) is 8.02. The Labute approximate surface area is 104 Å². The molecule has 92 valence electrons. The Kier molecular flexibility index (Phi) is 4.78. The van der Waals surface area contributed by atoms with Gasteiger partial charge in [0.25, 0.3) is 0 Å². The van der Waals surface area contributed by atoms with Gasteiger partial charge in [-0.05, 0) is 18.2 Å². The number of carbonyl (C=O) groups is 2. The summed E-state index contributed by atoms with van der Waals surface area (Å²) in [6.07, 6.45) is -0.564. The number of nitrogens with zero attached hydrogens (tertiary/aromatic N) is 1. The third-order valence-electron chi connectivity index (χ3n) is 1.98. The van der Waals surface area contributed by atoms with Crippen molar-refractivity contribution in [2.75, 3.05) is 26.0 Å². The van der Waals surface area contributed by atoms with Crippen LogP contribution in [0.2, 0.25) is 5.02 Å². The van der Waals surface area contributed by atoms with E-state index in [2.05, 4.69) is 10.1 Å². The number of nitrogens with one attached hydrogen (secondary N) is 1. The molecule has 0 aliphatic heterocycles. The fraction of sp³-hybridized carbons (Fsp3) is 0.273. The van der Waals surface area contributed by atoms with E-state index in [0.717, 1.165) is 0 Å². The number of rotatable bonds is 3. The molecule has 0 aliphatic rings. The van der Waals surface area contributed by atoms with Crippen LogP contribution in [0.3, 0.4) is 0 Å². The van der Waals surface area contributed by atoms with Crippen LogP contribution >= 0.6 is 11.6 Å². The first kappa shape index (κ1) is 13.3. The fourth-order valence-electron chi connectivity index (χ4n) is 1.20. The monoisotopic (exact) mass is 256 g/mol. The second-order valence-corrected chi connectivity index (χ2v) is 3.82. The summed E-state index contributed by atoms with van der Waals surface area (Å²) in [7, 11) is 2.73. The van der Waals surface area contributed by atoms with E-state index in [1.54, 1.807) is 24.3 Å². The summed E-state index contributed by atoms with van der Waals surface area (Å²) >= 11 is 5.77. The Balaban J connectivity index is 2.53. The molecule has 17 heavy (non-hydrogen) atoms. The van der Waals surface area contributed by atoms with Crippen LogP contribution < -0.4 is 5.32 Å². The van der Waals surface area contributed by atoms with Gasteiger partial charge in [0.1, 0.15) is 6.54 Å². The highest BCUT2D eigenvalue weighted by atomic mass is 35.5. The lowest BCUT2D eigenvalue weighted by Crippen LogP contribution is -2.34. The zero-order valence-corrected chi connectivity index (χ0v) is 10.3. The lowest BCUT2D eigenvalue weighted by molar-refractivity contribution is -0.116. The van der Waals surface area contributed by atoms with Crippen molar-refractivity contribution in [1.82, 2.24) is 4.90 Å². The first-order valence-corrected chi connectivity index (χ1v) is 5.25. The molecule has 1 rings (SSSR count). The molecule has 0 aromatic heterocycles. The van der Waals surface area contributed by atoms with Crippen molar-refractivity contribution in [3.8, 4) is 0 Å². The van der Waals surface area contributed by atoms with Crippen molar-refractivity contribution in [3.05, 3.63) is 29.3 Å². The third kappa shape index (κ3) is 4.32. The van der Waals surface area contributed by atoms with Gasteiger partial charge >= 0.3 is 6.09 Å². The molecule has 0 saturated heterocycles. The number of hydrogen-bond donors (Lipinski definition) is 1. The first-order valence-electron chi connectivity index (χ1n) is 4.87. The molecule has 0 unspecified atom stereocenters. The van der Waals surface area contributed by atoms with Crippen molar-refractivity contribution in [2.24, 2.45) is 0 Å². The number of ether oxygens (including phenoxy) is 1. The van der Waals surface area contributed by atoms with Crippen LogP contribution in [0.1, 0.15) is 0 Å². The number of carbonyl (C=O) groups excluding carboxylic acids is 2. The molecule has 0 saturated carbocycles. The highest BCUT2D eigenvalue weighted by molar-refractivity contribution is 6.30. The van der Waals surface area contributed by atoms with Crippen molar-refractivity contribution in [2.45, 2.75) is 0 Å². The minimum absolute atomic E-state index is 0.0841. The minimum Gasteiger partial charge on any atom is -0.453 e. The average molecular weight is 257 g/mol. The second kappa shape index (κ2) is 6.10. The summed E-state index contributed by atoms with van der Waals surface area (Å²) in [6, 6.07) is 6.76. The standard InChI is InChI=1S/C11H13ClN2O3/c1-14(11(16)17-2)7-10(15)13-9-5-3-4-8(12)6-9/h3-6H,7H2,1-2H3,(H,13,15). The molecule has 6 heteroatoms. The normalized spacial score (nSPS) is 9.59. The van der Waals surface area contributed by atoms with Crippen molar-refractivity contribution >= 4 is 29.3 Å². The predicted octanol–water partition coefficient (Wildman–Crippen LogP) is 1.98. The number of methoxy groups -OCH3 is 1. The molecular formula is C11H13ClN2O3. The van der Waals surface area contributed by atoms with Crippen molar-refractivity contribution < 1.29 is 14.3 Å². The average Bonchev–Trinajstić information content (AvgIpc) is 2.27. The molecule has 0 bridgehead atoms. The number of likely N-dealkylation sites (N-methyl/N-ethyl adjacent to an activating group) is 1. The third-order valence-corrected chi connectivity index (χ3v) is 2.21. The molecule has 0 radical (unpaired) electrons. The zero-order chi connectivity index (χ0) is 12.8. The van der Waals surface area contributed by atoms with Crippen molar-refractivity contribution in [1.29, 1.82) is 0 Å². The smallest absolute Gasteiger partial charge is 0.409 e. The molecule has 1 aromatic rings. The van der Waals surface area contributed by atoms with E-state index in [4.69, 9.17) is 11.6 Å². The summed E-state index contributed by atoms with van der Waals surface area (Å²) in [5.74, 6) is -0.319. The van der Waals surface area contributed by atoms with Gasteiger partial charge in [0.05, 0.1) is 7.11 Å². The van der Waals surface area contributed by atoms with Gasteiger partial charge in [0.15, 0.2) is 0 Å². The number of amides is 2. The van der Waals surface area contributed by atoms with Gasteiger partial charge in [-0.3, -0.25) is 4.79 Å². The summed E-state index contributed by atoms with van der Waals surface area (Å²) in [5, 5.41) is 3.15. The van der Waals surface area contributed by atoms with E-state index in [0.29, 0.717) is 10.7 Å². The molecule has 1 N–H and O–H groups in total. The van der Waals surface area contributed by atoms with E-state index in [-0.39, 0.29) is 12.5 Å². The van der Waals surface area contributed by atoms with Gasteiger partial charge in [-0.1, -0.05) is 17.7 Å². The van der Waals surface area contributed by atoms with Crippen LogP contribution in [0, 0.1) is 0 Å². The molecule has 0 fully saturated rings. The topological polar surface area (TPSA) is 58.6 Å². The number of benzene rings is 1. The Morgan fingerprint density at radius 3 is 2.76 bits per heavy atom. The molecule has 1 aromatic carbocycles. The molecular weight excluding hydrogens is 244 g/mol. The van der Waals surface area contributed by atoms with Gasteiger partial charge in [-0.2, -0.15) is 0 Å². The fourth-order valence-corrected chi connectivity index (χ4v) is 1.39. The van der Waals surface area contributed by atoms with Crippen LogP contribution in [0.4, 0.5) is 10.5 Å². The van der Waals surface area contributed by atoms with Crippen molar-refractivity contribution in [3.63, 3.8) is 0 Å². The van der Waals surface area contributed by atoms with Gasteiger partial charge < -0.3 is 15.0 Å². The van der Waals surface area contributed by atoms with Gasteiger partial charge in [-0.15, -0.1) is 0 Å². The maximum atomic E-state index is 11.6. The number of halogens is 1. The van der Waals surface area contributed by atoms with Crippen LogP contribution in [0.25, 0.3) is 0 Å². The van der Waals surface area contributed by atoms with E-state index in [1.807, 2.05) is 0 Å². The van der Waals surface area contributed by atoms with Gasteiger partial charge in [-0.25, -0.2) is 4.79 Å². The van der Waals surface area contributed by atoms with E-state index in [1.165, 1.54) is 19.1 Å². The van der Waals surface area contributed by atoms with Crippen LogP contribution in [-0.4, -0.2) is 37.6 Å². The minimum atomic E-state index is -0.564. The summed E-state index contributed by atoms with van der Waals surface area (Å²) in [4.78, 5) is 23.8. The molecule has 0 spiro atoms. The van der Waals surface area contributed by atoms with E-state index in [9.17, 15) is 9.59 Å². The largest absolute Gasteiger partial charge is 0.453 e. The second-order valence-electron chi connectivity index (χ2n) is 3.38. The van der Waals surface area contributed by atoms with E-state index >= 15 is 0 Å². The number of anilines is 1. The SMILES string of the molecule is COC(=O)N(C)CC(=O)Nc1cccc(Cl)c1. The predicted molar refractivity (Wildman–Crippen MR) is 65.1 cm³/mol. The number of hydrogen-bond acceptors (Lipinski definition) is 3. The van der Waals surface area contributed by atoms with Gasteiger partial charge in [0, 0.05) is 17.8 Å². The Bertz CT molecular complexity index is 423. The molecule has 0 heterocycles. The Morgan fingerprint density at radius 2 is 2.18 bits per heavy atom. The molecule has 0 atom stereocenters. The lowest BCUT2D eigenvalue weighted by Gasteiger charge is -2.14. The maximum Gasteiger partial charge on any atom is 0.409 e. The highest BCUT2D eigenvalue weighted by Gasteiger charge is 2.12. The van der Waals surface area contributed by atoms with E-state index < -0.39 is 6.09 Å². The quantitative estimate of drug-likeness (QED) is 0.900. The Hall–Kier alpha value is -1.75. The van der Waals surface area contributed by atoms with Crippen LogP contribution in [-0.2, 0) is 9.53 Å². The van der Waals surface area contributed by atoms with Crippen LogP contribution in [0.15, 0.2) is 24.3 Å². The molecule has 5 nitrogen and oxygen atoms in total.